The van der Waals surface area contributed by atoms with Crippen LogP contribution in [0.2, 0.25) is 0 Å². The molecule has 1 heterocycles. The van der Waals surface area contributed by atoms with E-state index in [9.17, 15) is 4.79 Å². The van der Waals surface area contributed by atoms with Crippen LogP contribution in [-0.2, 0) is 24.3 Å². The third-order valence-electron chi connectivity index (χ3n) is 5.09. The highest BCUT2D eigenvalue weighted by Crippen LogP contribution is 2.13. The molecule has 0 unspecified atom stereocenters. The summed E-state index contributed by atoms with van der Waals surface area (Å²) in [5.41, 5.74) is 4.99. The fourth-order valence-corrected chi connectivity index (χ4v) is 3.55. The Labute approximate surface area is 157 Å². The van der Waals surface area contributed by atoms with E-state index in [1.165, 1.54) is 49.0 Å². The van der Waals surface area contributed by atoms with Crippen molar-refractivity contribution in [2.75, 3.05) is 13.1 Å². The number of carbonyl (C=O) groups is 1. The molecule has 1 N–H and O–H groups in total. The summed E-state index contributed by atoms with van der Waals surface area (Å²) in [7, 11) is 0. The minimum Gasteiger partial charge on any atom is -0.352 e. The molecule has 1 aliphatic heterocycles. The van der Waals surface area contributed by atoms with Gasteiger partial charge in [-0.05, 0) is 56.0 Å². The Morgan fingerprint density at radius 2 is 1.69 bits per heavy atom. The van der Waals surface area contributed by atoms with Gasteiger partial charge in [0.15, 0.2) is 0 Å². The molecule has 0 spiro atoms. The lowest BCUT2D eigenvalue weighted by Gasteiger charge is -2.26. The summed E-state index contributed by atoms with van der Waals surface area (Å²) in [5.74, 6) is 0.115. The Balaban J connectivity index is 1.40. The molecular weight excluding hydrogens is 320 g/mol. The summed E-state index contributed by atoms with van der Waals surface area (Å²) >= 11 is 0. The number of rotatable bonds is 7. The summed E-state index contributed by atoms with van der Waals surface area (Å²) in [6, 6.07) is 17.0. The zero-order valence-electron chi connectivity index (χ0n) is 15.8. The van der Waals surface area contributed by atoms with E-state index in [1.54, 1.807) is 0 Å². The van der Waals surface area contributed by atoms with Gasteiger partial charge >= 0.3 is 0 Å². The Kier molecular flexibility index (Phi) is 6.84. The second-order valence-corrected chi connectivity index (χ2v) is 7.42. The fraction of sp³-hybridized carbons (Fsp3) is 0.435. The number of likely N-dealkylation sites (tertiary alicyclic amines) is 1. The lowest BCUT2D eigenvalue weighted by molar-refractivity contribution is -0.121. The number of hydrogen-bond acceptors (Lipinski definition) is 2. The second-order valence-electron chi connectivity index (χ2n) is 7.42. The topological polar surface area (TPSA) is 32.3 Å². The summed E-state index contributed by atoms with van der Waals surface area (Å²) < 4.78 is 0. The van der Waals surface area contributed by atoms with E-state index in [0.717, 1.165) is 18.5 Å². The van der Waals surface area contributed by atoms with Gasteiger partial charge in [0.2, 0.25) is 5.91 Å². The molecule has 1 saturated heterocycles. The van der Waals surface area contributed by atoms with E-state index < -0.39 is 0 Å². The van der Waals surface area contributed by atoms with Crippen molar-refractivity contribution in [3.63, 3.8) is 0 Å². The monoisotopic (exact) mass is 350 g/mol. The van der Waals surface area contributed by atoms with Crippen molar-refractivity contribution in [2.24, 2.45) is 0 Å². The van der Waals surface area contributed by atoms with Crippen LogP contribution in [0.5, 0.6) is 0 Å². The molecule has 26 heavy (non-hydrogen) atoms. The number of carbonyl (C=O) groups excluding carboxylic acids is 1. The number of benzene rings is 2. The van der Waals surface area contributed by atoms with Crippen LogP contribution in [0.25, 0.3) is 0 Å². The zero-order valence-corrected chi connectivity index (χ0v) is 15.8. The number of aryl methyl sites for hydroxylation is 2. The maximum atomic E-state index is 12.1. The zero-order chi connectivity index (χ0) is 18.2. The van der Waals surface area contributed by atoms with Crippen molar-refractivity contribution in [3.05, 3.63) is 70.8 Å². The van der Waals surface area contributed by atoms with Gasteiger partial charge in [-0.25, -0.2) is 0 Å². The average Bonchev–Trinajstić information content (AvgIpc) is 2.67. The van der Waals surface area contributed by atoms with Crippen LogP contribution in [0.15, 0.2) is 48.5 Å². The molecule has 1 amide bonds. The highest BCUT2D eigenvalue weighted by atomic mass is 16.1. The molecule has 0 bridgehead atoms. The Morgan fingerprint density at radius 3 is 2.42 bits per heavy atom. The first-order valence-electron chi connectivity index (χ1n) is 9.81. The fourth-order valence-electron chi connectivity index (χ4n) is 3.55. The molecule has 3 rings (SSSR count). The van der Waals surface area contributed by atoms with Gasteiger partial charge in [-0.2, -0.15) is 0 Å². The van der Waals surface area contributed by atoms with Crippen LogP contribution in [0.3, 0.4) is 0 Å². The summed E-state index contributed by atoms with van der Waals surface area (Å²) in [4.78, 5) is 14.6. The maximum absolute atomic E-state index is 12.1. The minimum atomic E-state index is 0.115. The molecule has 2 aromatic rings. The Morgan fingerprint density at radius 1 is 0.962 bits per heavy atom. The number of piperidine rings is 1. The van der Waals surface area contributed by atoms with E-state index in [1.807, 2.05) is 6.07 Å². The molecule has 0 aromatic heterocycles. The molecule has 3 heteroatoms. The lowest BCUT2D eigenvalue weighted by atomic mass is 10.1. The van der Waals surface area contributed by atoms with Crippen LogP contribution < -0.4 is 5.32 Å². The van der Waals surface area contributed by atoms with E-state index in [4.69, 9.17) is 0 Å². The van der Waals surface area contributed by atoms with Gasteiger partial charge in [0.05, 0.1) is 0 Å². The van der Waals surface area contributed by atoms with Gasteiger partial charge in [0, 0.05) is 19.5 Å². The number of nitrogens with one attached hydrogen (secondary N) is 1. The van der Waals surface area contributed by atoms with Gasteiger partial charge in [0.1, 0.15) is 0 Å². The second kappa shape index (κ2) is 9.54. The van der Waals surface area contributed by atoms with Gasteiger partial charge in [0.25, 0.3) is 0 Å². The normalized spacial score (nSPS) is 15.0. The molecule has 138 valence electrons. The van der Waals surface area contributed by atoms with E-state index >= 15 is 0 Å². The predicted molar refractivity (Wildman–Crippen MR) is 107 cm³/mol. The maximum Gasteiger partial charge on any atom is 0.220 e. The molecule has 0 saturated carbocycles. The molecule has 1 fully saturated rings. The highest BCUT2D eigenvalue weighted by Gasteiger charge is 2.10. The Bertz CT molecular complexity index is 702. The summed E-state index contributed by atoms with van der Waals surface area (Å²) in [6.45, 7) is 6.18. The average molecular weight is 351 g/mol. The van der Waals surface area contributed by atoms with E-state index in [2.05, 4.69) is 59.6 Å². The third kappa shape index (κ3) is 5.99. The SMILES string of the molecule is Cc1cccc(CCC(=O)NCc2ccc(CN3CCCCC3)cc2)c1. The first-order valence-corrected chi connectivity index (χ1v) is 9.81. The molecular formula is C23H30N2O. The number of amides is 1. The van der Waals surface area contributed by atoms with E-state index in [0.29, 0.717) is 13.0 Å². The molecule has 2 aromatic carbocycles. The highest BCUT2D eigenvalue weighted by molar-refractivity contribution is 5.76. The summed E-state index contributed by atoms with van der Waals surface area (Å²) in [5, 5.41) is 3.04. The van der Waals surface area contributed by atoms with Crippen molar-refractivity contribution < 1.29 is 4.79 Å². The van der Waals surface area contributed by atoms with Crippen molar-refractivity contribution >= 4 is 5.91 Å². The van der Waals surface area contributed by atoms with Gasteiger partial charge in [-0.3, -0.25) is 9.69 Å². The van der Waals surface area contributed by atoms with E-state index in [-0.39, 0.29) is 5.91 Å². The minimum absolute atomic E-state index is 0.115. The van der Waals surface area contributed by atoms with Crippen molar-refractivity contribution in [3.8, 4) is 0 Å². The lowest BCUT2D eigenvalue weighted by Crippen LogP contribution is -2.29. The van der Waals surface area contributed by atoms with Crippen LogP contribution in [0, 0.1) is 6.92 Å². The van der Waals surface area contributed by atoms with Gasteiger partial charge in [-0.1, -0.05) is 60.5 Å². The first-order chi connectivity index (χ1) is 12.7. The summed E-state index contributed by atoms with van der Waals surface area (Å²) in [6.07, 6.45) is 5.36. The van der Waals surface area contributed by atoms with Crippen LogP contribution >= 0.6 is 0 Å². The van der Waals surface area contributed by atoms with Gasteiger partial charge < -0.3 is 5.32 Å². The molecule has 0 aliphatic carbocycles. The van der Waals surface area contributed by atoms with Crippen LogP contribution in [-0.4, -0.2) is 23.9 Å². The van der Waals surface area contributed by atoms with Crippen LogP contribution in [0.4, 0.5) is 0 Å². The third-order valence-corrected chi connectivity index (χ3v) is 5.09. The first kappa shape index (κ1) is 18.7. The Hall–Kier alpha value is -2.13. The predicted octanol–water partition coefficient (Wildman–Crippen LogP) is 4.23. The van der Waals surface area contributed by atoms with Crippen molar-refractivity contribution in [1.82, 2.24) is 10.2 Å². The molecule has 1 aliphatic rings. The standard InChI is InChI=1S/C23H30N2O/c1-19-6-5-7-20(16-19)12-13-23(26)24-17-21-8-10-22(11-9-21)18-25-14-3-2-4-15-25/h5-11,16H,2-4,12-15,17-18H2,1H3,(H,24,26). The van der Waals surface area contributed by atoms with Gasteiger partial charge in [-0.15, -0.1) is 0 Å². The molecule has 3 nitrogen and oxygen atoms in total. The molecule has 0 radical (unpaired) electrons. The smallest absolute Gasteiger partial charge is 0.220 e. The largest absolute Gasteiger partial charge is 0.352 e. The van der Waals surface area contributed by atoms with Crippen LogP contribution in [0.1, 0.15) is 47.9 Å². The van der Waals surface area contributed by atoms with Crippen molar-refractivity contribution in [1.29, 1.82) is 0 Å². The quantitative estimate of drug-likeness (QED) is 0.810. The number of nitrogens with zero attached hydrogens (tertiary/aromatic N) is 1. The molecule has 0 atom stereocenters. The number of hydrogen-bond donors (Lipinski definition) is 1. The van der Waals surface area contributed by atoms with Crippen molar-refractivity contribution in [2.45, 2.75) is 52.1 Å².